The van der Waals surface area contributed by atoms with Gasteiger partial charge in [-0.25, -0.2) is 4.39 Å². The summed E-state index contributed by atoms with van der Waals surface area (Å²) in [6.45, 7) is 3.27. The fourth-order valence-corrected chi connectivity index (χ4v) is 1.93. The highest BCUT2D eigenvalue weighted by Crippen LogP contribution is 2.32. The minimum absolute atomic E-state index is 0.0353. The number of amides is 2. The molecule has 1 saturated heterocycles. The molecule has 96 valence electrons. The van der Waals surface area contributed by atoms with Crippen molar-refractivity contribution in [3.8, 4) is 0 Å². The fraction of sp³-hybridized carbons (Fsp3) is 0.333. The molecule has 6 heteroatoms. The van der Waals surface area contributed by atoms with Gasteiger partial charge in [0.05, 0.1) is 17.9 Å². The van der Waals surface area contributed by atoms with Gasteiger partial charge >= 0.3 is 0 Å². The zero-order chi connectivity index (χ0) is 13.5. The van der Waals surface area contributed by atoms with Gasteiger partial charge in [0.15, 0.2) is 0 Å². The van der Waals surface area contributed by atoms with Crippen LogP contribution >= 0.6 is 0 Å². The maximum absolute atomic E-state index is 13.4. The highest BCUT2D eigenvalue weighted by atomic mass is 19.1. The summed E-state index contributed by atoms with van der Waals surface area (Å²) >= 11 is 0. The van der Waals surface area contributed by atoms with Crippen LogP contribution in [0, 0.1) is 5.82 Å². The SMILES string of the molecule is CC1(C)C(=O)NC(=O)CN1c1cccc(F)c1N. The van der Waals surface area contributed by atoms with Gasteiger partial charge in [0.1, 0.15) is 11.4 Å². The highest BCUT2D eigenvalue weighted by Gasteiger charge is 2.41. The van der Waals surface area contributed by atoms with Crippen LogP contribution in [0.2, 0.25) is 0 Å². The average molecular weight is 251 g/mol. The second kappa shape index (κ2) is 3.97. The molecule has 1 aromatic rings. The summed E-state index contributed by atoms with van der Waals surface area (Å²) < 4.78 is 13.4. The number of piperazine rings is 1. The Hall–Kier alpha value is -2.11. The highest BCUT2D eigenvalue weighted by molar-refractivity contribution is 6.07. The number of hydrogen-bond donors (Lipinski definition) is 2. The van der Waals surface area contributed by atoms with Crippen LogP contribution in [-0.4, -0.2) is 23.9 Å². The third-order valence-electron chi connectivity index (χ3n) is 3.11. The summed E-state index contributed by atoms with van der Waals surface area (Å²) in [4.78, 5) is 24.7. The number of anilines is 2. The number of carbonyl (C=O) groups excluding carboxylic acids is 2. The summed E-state index contributed by atoms with van der Waals surface area (Å²) in [7, 11) is 0. The van der Waals surface area contributed by atoms with Crippen molar-refractivity contribution in [1.29, 1.82) is 0 Å². The number of nitrogens with two attached hydrogens (primary N) is 1. The van der Waals surface area contributed by atoms with Gasteiger partial charge in [0.25, 0.3) is 5.91 Å². The van der Waals surface area contributed by atoms with Crippen molar-refractivity contribution in [1.82, 2.24) is 5.32 Å². The maximum atomic E-state index is 13.4. The van der Waals surface area contributed by atoms with Crippen molar-refractivity contribution < 1.29 is 14.0 Å². The van der Waals surface area contributed by atoms with E-state index in [-0.39, 0.29) is 12.2 Å². The first kappa shape index (κ1) is 12.3. The van der Waals surface area contributed by atoms with E-state index >= 15 is 0 Å². The van der Waals surface area contributed by atoms with E-state index < -0.39 is 23.2 Å². The number of halogens is 1. The number of imide groups is 1. The molecule has 0 spiro atoms. The Balaban J connectivity index is 2.51. The van der Waals surface area contributed by atoms with Gasteiger partial charge < -0.3 is 10.6 Å². The summed E-state index contributed by atoms with van der Waals surface area (Å²) in [6.07, 6.45) is 0. The predicted molar refractivity (Wildman–Crippen MR) is 65.4 cm³/mol. The Kier molecular flexibility index (Phi) is 2.73. The first-order chi connectivity index (χ1) is 8.34. The van der Waals surface area contributed by atoms with Crippen LogP contribution in [-0.2, 0) is 9.59 Å². The van der Waals surface area contributed by atoms with Crippen LogP contribution in [0.5, 0.6) is 0 Å². The van der Waals surface area contributed by atoms with Crippen molar-refractivity contribution in [2.45, 2.75) is 19.4 Å². The van der Waals surface area contributed by atoms with E-state index in [4.69, 9.17) is 5.73 Å². The Labute approximate surface area is 104 Å². The summed E-state index contributed by atoms with van der Waals surface area (Å²) in [5.74, 6) is -1.42. The Morgan fingerprint density at radius 3 is 2.72 bits per heavy atom. The number of carbonyl (C=O) groups is 2. The van der Waals surface area contributed by atoms with E-state index in [1.54, 1.807) is 19.9 Å². The van der Waals surface area contributed by atoms with Gasteiger partial charge in [0, 0.05) is 0 Å². The normalized spacial score (nSPS) is 18.7. The number of para-hydroxylation sites is 1. The lowest BCUT2D eigenvalue weighted by Gasteiger charge is -2.42. The minimum atomic E-state index is -0.962. The van der Waals surface area contributed by atoms with Gasteiger partial charge in [-0.15, -0.1) is 0 Å². The molecule has 0 saturated carbocycles. The number of nitrogens with zero attached hydrogens (tertiary/aromatic N) is 1. The van der Waals surface area contributed by atoms with Crippen LogP contribution in [0.3, 0.4) is 0 Å². The lowest BCUT2D eigenvalue weighted by molar-refractivity contribution is -0.135. The molecule has 2 amide bonds. The molecule has 0 bridgehead atoms. The van der Waals surface area contributed by atoms with E-state index in [1.807, 2.05) is 0 Å². The molecule has 0 atom stereocenters. The monoisotopic (exact) mass is 251 g/mol. The molecule has 1 aliphatic rings. The Morgan fingerprint density at radius 2 is 2.06 bits per heavy atom. The van der Waals surface area contributed by atoms with Crippen LogP contribution in [0.4, 0.5) is 15.8 Å². The molecule has 0 aromatic heterocycles. The minimum Gasteiger partial charge on any atom is -0.395 e. The standard InChI is InChI=1S/C12H14FN3O2/c1-12(2)11(18)15-9(17)6-16(12)8-5-3-4-7(13)10(8)14/h3-5H,6,14H2,1-2H3,(H,15,17,18). The van der Waals surface area contributed by atoms with Crippen LogP contribution < -0.4 is 16.0 Å². The molecular weight excluding hydrogens is 237 g/mol. The number of benzene rings is 1. The lowest BCUT2D eigenvalue weighted by Crippen LogP contribution is -2.64. The number of nitrogens with one attached hydrogen (secondary N) is 1. The maximum Gasteiger partial charge on any atom is 0.251 e. The summed E-state index contributed by atoms with van der Waals surface area (Å²) in [6, 6.07) is 4.32. The molecule has 0 radical (unpaired) electrons. The van der Waals surface area contributed by atoms with Gasteiger partial charge in [-0.1, -0.05) is 6.07 Å². The smallest absolute Gasteiger partial charge is 0.251 e. The first-order valence-electron chi connectivity index (χ1n) is 5.50. The zero-order valence-electron chi connectivity index (χ0n) is 10.2. The third-order valence-corrected chi connectivity index (χ3v) is 3.11. The Bertz CT molecular complexity index is 528. The van der Waals surface area contributed by atoms with Crippen molar-refractivity contribution in [2.24, 2.45) is 0 Å². The lowest BCUT2D eigenvalue weighted by atomic mass is 9.97. The van der Waals surface area contributed by atoms with E-state index in [0.29, 0.717) is 5.69 Å². The van der Waals surface area contributed by atoms with Crippen LogP contribution in [0.15, 0.2) is 18.2 Å². The van der Waals surface area contributed by atoms with Crippen molar-refractivity contribution >= 4 is 23.2 Å². The number of rotatable bonds is 1. The molecule has 5 nitrogen and oxygen atoms in total. The van der Waals surface area contributed by atoms with E-state index in [0.717, 1.165) is 0 Å². The molecule has 1 aromatic carbocycles. The molecule has 1 aliphatic heterocycles. The number of hydrogen-bond acceptors (Lipinski definition) is 4. The fourth-order valence-electron chi connectivity index (χ4n) is 1.93. The number of nitrogen functional groups attached to an aromatic ring is 1. The van der Waals surface area contributed by atoms with Gasteiger partial charge in [-0.3, -0.25) is 14.9 Å². The summed E-state index contributed by atoms with van der Waals surface area (Å²) in [5, 5.41) is 2.25. The molecule has 1 fully saturated rings. The summed E-state index contributed by atoms with van der Waals surface area (Å²) in [5.41, 5.74) is 4.99. The van der Waals surface area contributed by atoms with Crippen molar-refractivity contribution in [3.63, 3.8) is 0 Å². The topological polar surface area (TPSA) is 75.4 Å². The Morgan fingerprint density at radius 1 is 1.39 bits per heavy atom. The van der Waals surface area contributed by atoms with Crippen LogP contribution in [0.25, 0.3) is 0 Å². The van der Waals surface area contributed by atoms with E-state index in [1.165, 1.54) is 17.0 Å². The average Bonchev–Trinajstić information content (AvgIpc) is 2.28. The molecule has 18 heavy (non-hydrogen) atoms. The second-order valence-corrected chi connectivity index (χ2v) is 4.70. The van der Waals surface area contributed by atoms with Gasteiger partial charge in [-0.05, 0) is 26.0 Å². The van der Waals surface area contributed by atoms with Crippen molar-refractivity contribution in [2.75, 3.05) is 17.2 Å². The zero-order valence-corrected chi connectivity index (χ0v) is 10.2. The third kappa shape index (κ3) is 1.79. The second-order valence-electron chi connectivity index (χ2n) is 4.70. The molecule has 3 N–H and O–H groups in total. The molecule has 0 unspecified atom stereocenters. The largest absolute Gasteiger partial charge is 0.395 e. The molecular formula is C12H14FN3O2. The predicted octanol–water partition coefficient (Wildman–Crippen LogP) is 0.649. The molecule has 2 rings (SSSR count). The van der Waals surface area contributed by atoms with Crippen LogP contribution in [0.1, 0.15) is 13.8 Å². The molecule has 1 heterocycles. The van der Waals surface area contributed by atoms with E-state index in [2.05, 4.69) is 5.32 Å². The molecule has 0 aliphatic carbocycles. The quantitative estimate of drug-likeness (QED) is 0.567. The van der Waals surface area contributed by atoms with Gasteiger partial charge in [0.2, 0.25) is 5.91 Å². The van der Waals surface area contributed by atoms with E-state index in [9.17, 15) is 14.0 Å². The van der Waals surface area contributed by atoms with Gasteiger partial charge in [-0.2, -0.15) is 0 Å². The van der Waals surface area contributed by atoms with Crippen molar-refractivity contribution in [3.05, 3.63) is 24.0 Å². The first-order valence-corrected chi connectivity index (χ1v) is 5.50.